The van der Waals surface area contributed by atoms with E-state index < -0.39 is 5.92 Å². The first-order chi connectivity index (χ1) is 16.0. The summed E-state index contributed by atoms with van der Waals surface area (Å²) in [6.45, 7) is 1.93. The van der Waals surface area contributed by atoms with E-state index in [2.05, 4.69) is 26.1 Å². The topological polar surface area (TPSA) is 105 Å². The van der Waals surface area contributed by atoms with Gasteiger partial charge in [0.2, 0.25) is 5.91 Å². The van der Waals surface area contributed by atoms with Crippen molar-refractivity contribution >= 4 is 40.5 Å². The van der Waals surface area contributed by atoms with E-state index in [1.54, 1.807) is 6.07 Å². The van der Waals surface area contributed by atoms with Crippen LogP contribution in [0.25, 0.3) is 0 Å². The zero-order chi connectivity index (χ0) is 23.2. The molecule has 0 unspecified atom stereocenters. The van der Waals surface area contributed by atoms with Gasteiger partial charge in [-0.2, -0.15) is 0 Å². The van der Waals surface area contributed by atoms with Gasteiger partial charge in [-0.3, -0.25) is 15.6 Å². The van der Waals surface area contributed by atoms with Crippen molar-refractivity contribution in [3.63, 3.8) is 0 Å². The number of hydrogen-bond donors (Lipinski definition) is 4. The molecule has 0 spiro atoms. The minimum absolute atomic E-state index is 0.242. The largest absolute Gasteiger partial charge is 0.393 e. The molecule has 7 nitrogen and oxygen atoms in total. The Morgan fingerprint density at radius 1 is 0.909 bits per heavy atom. The Kier molecular flexibility index (Phi) is 6.71. The first-order valence-electron chi connectivity index (χ1n) is 10.3. The highest BCUT2D eigenvalue weighted by Crippen LogP contribution is 2.29. The highest BCUT2D eigenvalue weighted by atomic mass is 35.5. The van der Waals surface area contributed by atoms with E-state index in [0.29, 0.717) is 10.8 Å². The number of carbonyl (C=O) groups excluding carboxylic acids is 1. The van der Waals surface area contributed by atoms with Crippen LogP contribution in [0.4, 0.5) is 23.0 Å². The van der Waals surface area contributed by atoms with E-state index in [4.69, 9.17) is 17.3 Å². The van der Waals surface area contributed by atoms with Crippen LogP contribution in [-0.4, -0.2) is 15.9 Å². The molecule has 0 saturated heterocycles. The van der Waals surface area contributed by atoms with Crippen LogP contribution in [0.1, 0.15) is 22.6 Å². The van der Waals surface area contributed by atoms with Crippen LogP contribution >= 0.6 is 11.6 Å². The first kappa shape index (κ1) is 22.1. The Morgan fingerprint density at radius 3 is 2.12 bits per heavy atom. The minimum atomic E-state index is -0.503. The van der Waals surface area contributed by atoms with Gasteiger partial charge in [0.15, 0.2) is 11.6 Å². The second-order valence-corrected chi connectivity index (χ2v) is 7.87. The maximum atomic E-state index is 13.2. The molecule has 3 aromatic carbocycles. The molecule has 8 heteroatoms. The molecule has 0 radical (unpaired) electrons. The van der Waals surface area contributed by atoms with Crippen molar-refractivity contribution in [2.45, 2.75) is 12.8 Å². The summed E-state index contributed by atoms with van der Waals surface area (Å²) in [4.78, 5) is 21.6. The van der Waals surface area contributed by atoms with E-state index in [9.17, 15) is 4.79 Å². The Hall–Kier alpha value is -4.10. The van der Waals surface area contributed by atoms with E-state index in [0.717, 1.165) is 22.4 Å². The van der Waals surface area contributed by atoms with Crippen molar-refractivity contribution in [3.05, 3.63) is 107 Å². The fourth-order valence-corrected chi connectivity index (χ4v) is 3.70. The van der Waals surface area contributed by atoms with Crippen LogP contribution in [0.15, 0.2) is 85.2 Å². The molecule has 0 saturated carbocycles. The van der Waals surface area contributed by atoms with E-state index >= 15 is 0 Å². The molecule has 0 bridgehead atoms. The zero-order valence-electron chi connectivity index (χ0n) is 17.9. The van der Waals surface area contributed by atoms with E-state index in [1.807, 2.05) is 79.7 Å². The van der Waals surface area contributed by atoms with E-state index in [1.165, 1.54) is 6.33 Å². The molecule has 0 aliphatic carbocycles. The lowest BCUT2D eigenvalue weighted by molar-refractivity contribution is -0.121. The molecule has 1 amide bonds. The highest BCUT2D eigenvalue weighted by molar-refractivity contribution is 6.30. The summed E-state index contributed by atoms with van der Waals surface area (Å²) in [5.74, 6) is -0.0482. The number of nitrogens with one attached hydrogen (secondary N) is 3. The molecule has 0 aliphatic heterocycles. The van der Waals surface area contributed by atoms with Gasteiger partial charge in [0.05, 0.1) is 5.92 Å². The van der Waals surface area contributed by atoms with Gasteiger partial charge >= 0.3 is 0 Å². The number of carbonyl (C=O) groups is 1. The number of nitrogens with two attached hydrogens (primary N) is 1. The van der Waals surface area contributed by atoms with Gasteiger partial charge in [-0.15, -0.1) is 0 Å². The number of halogens is 1. The predicted molar refractivity (Wildman–Crippen MR) is 132 cm³/mol. The second-order valence-electron chi connectivity index (χ2n) is 7.44. The van der Waals surface area contributed by atoms with Crippen molar-refractivity contribution in [2.75, 3.05) is 16.5 Å². The third kappa shape index (κ3) is 5.22. The predicted octanol–water partition coefficient (Wildman–Crippen LogP) is 5.04. The third-order valence-corrected chi connectivity index (χ3v) is 5.39. The molecule has 1 aromatic heterocycles. The molecule has 0 fully saturated rings. The lowest BCUT2D eigenvalue weighted by atomic mass is 9.91. The van der Waals surface area contributed by atoms with Crippen LogP contribution in [0.3, 0.4) is 0 Å². The lowest BCUT2D eigenvalue weighted by Crippen LogP contribution is -2.35. The van der Waals surface area contributed by atoms with Crippen LogP contribution in [-0.2, 0) is 4.79 Å². The summed E-state index contributed by atoms with van der Waals surface area (Å²) in [6, 6.07) is 24.6. The molecular formula is C25H23ClN6O. The molecule has 4 aromatic rings. The van der Waals surface area contributed by atoms with Crippen molar-refractivity contribution in [3.8, 4) is 0 Å². The summed E-state index contributed by atoms with van der Waals surface area (Å²) < 4.78 is 0. The molecule has 33 heavy (non-hydrogen) atoms. The number of nitrogen functional groups attached to an aromatic ring is 1. The van der Waals surface area contributed by atoms with Crippen molar-refractivity contribution in [1.82, 2.24) is 15.4 Å². The second kappa shape index (κ2) is 10.0. The normalized spacial score (nSPS) is 10.6. The van der Waals surface area contributed by atoms with Gasteiger partial charge in [-0.25, -0.2) is 9.97 Å². The molecule has 1 heterocycles. The maximum absolute atomic E-state index is 13.2. The minimum Gasteiger partial charge on any atom is -0.393 e. The van der Waals surface area contributed by atoms with Crippen LogP contribution < -0.4 is 21.9 Å². The third-order valence-electron chi connectivity index (χ3n) is 5.16. The summed E-state index contributed by atoms with van der Waals surface area (Å²) >= 11 is 6.03. The smallest absolute Gasteiger partial charge is 0.250 e. The number of aryl methyl sites for hydroxylation is 1. The number of hydrogen-bond acceptors (Lipinski definition) is 6. The molecule has 0 atom stereocenters. The Labute approximate surface area is 197 Å². The summed E-state index contributed by atoms with van der Waals surface area (Å²) in [6.07, 6.45) is 1.37. The van der Waals surface area contributed by atoms with Gasteiger partial charge in [0.25, 0.3) is 0 Å². The van der Waals surface area contributed by atoms with Crippen LogP contribution in [0.2, 0.25) is 5.02 Å². The molecule has 4 rings (SSSR count). The van der Waals surface area contributed by atoms with E-state index in [-0.39, 0.29) is 17.4 Å². The Balaban J connectivity index is 1.53. The quantitative estimate of drug-likeness (QED) is 0.289. The van der Waals surface area contributed by atoms with Crippen molar-refractivity contribution < 1.29 is 4.79 Å². The molecule has 0 aliphatic rings. The zero-order valence-corrected chi connectivity index (χ0v) is 18.7. The van der Waals surface area contributed by atoms with Gasteiger partial charge in [-0.1, -0.05) is 72.3 Å². The average molecular weight is 459 g/mol. The molecule has 166 valence electrons. The summed E-state index contributed by atoms with van der Waals surface area (Å²) in [7, 11) is 0. The monoisotopic (exact) mass is 458 g/mol. The number of rotatable bonds is 7. The number of anilines is 4. The Morgan fingerprint density at radius 2 is 1.52 bits per heavy atom. The number of aromatic nitrogens is 2. The average Bonchev–Trinajstić information content (AvgIpc) is 2.83. The fourth-order valence-electron chi connectivity index (χ4n) is 3.47. The molecular weight excluding hydrogens is 436 g/mol. The number of benzene rings is 3. The summed E-state index contributed by atoms with van der Waals surface area (Å²) in [5, 5.41) is 3.83. The Bertz CT molecular complexity index is 1210. The van der Waals surface area contributed by atoms with Crippen LogP contribution in [0, 0.1) is 6.92 Å². The number of amides is 1. The molecule has 5 N–H and O–H groups in total. The summed E-state index contributed by atoms with van der Waals surface area (Å²) in [5.41, 5.74) is 15.6. The fraction of sp³-hybridized carbons (Fsp3) is 0.0800. The first-order valence-corrected chi connectivity index (χ1v) is 10.7. The lowest BCUT2D eigenvalue weighted by Gasteiger charge is -2.19. The van der Waals surface area contributed by atoms with Crippen LogP contribution in [0.5, 0.6) is 0 Å². The van der Waals surface area contributed by atoms with Gasteiger partial charge in [0, 0.05) is 10.7 Å². The van der Waals surface area contributed by atoms with Gasteiger partial charge in [0.1, 0.15) is 12.0 Å². The SMILES string of the molecule is Cc1cc(Cl)ccc1Nc1ncnc(NNC(=O)C(c2ccccc2)c2ccccc2)c1N. The highest BCUT2D eigenvalue weighted by Gasteiger charge is 2.23. The maximum Gasteiger partial charge on any atom is 0.250 e. The van der Waals surface area contributed by atoms with Gasteiger partial charge in [-0.05, 0) is 41.8 Å². The van der Waals surface area contributed by atoms with Crippen molar-refractivity contribution in [2.24, 2.45) is 0 Å². The van der Waals surface area contributed by atoms with Crippen molar-refractivity contribution in [1.29, 1.82) is 0 Å². The van der Waals surface area contributed by atoms with Gasteiger partial charge < -0.3 is 11.1 Å². The standard InChI is InChI=1S/C25H23ClN6O/c1-16-14-19(26)12-13-20(16)30-23-22(27)24(29-15-28-23)31-32-25(33)21(17-8-4-2-5-9-17)18-10-6-3-7-11-18/h2-15,21H,27H2,1H3,(H,32,33)(H2,28,29,30,31). The number of hydrazine groups is 1. The number of nitrogens with zero attached hydrogens (tertiary/aromatic N) is 2.